The van der Waals surface area contributed by atoms with Gasteiger partial charge >= 0.3 is 6.18 Å². The molecule has 3 N–H and O–H groups in total. The zero-order valence-corrected chi connectivity index (χ0v) is 10.7. The lowest BCUT2D eigenvalue weighted by molar-refractivity contribution is -0.141. The van der Waals surface area contributed by atoms with Crippen LogP contribution < -0.4 is 16.0 Å². The average molecular weight is 302 g/mol. The van der Waals surface area contributed by atoms with Gasteiger partial charge in [-0.2, -0.15) is 18.2 Å². The Morgan fingerprint density at radius 3 is 2.52 bits per heavy atom. The van der Waals surface area contributed by atoms with Crippen LogP contribution in [0, 0.1) is 12.7 Å². The normalized spacial score (nSPS) is 11.3. The van der Waals surface area contributed by atoms with Crippen molar-refractivity contribution in [2.24, 2.45) is 5.84 Å². The van der Waals surface area contributed by atoms with Crippen LogP contribution in [0.5, 0.6) is 11.6 Å². The van der Waals surface area contributed by atoms with Gasteiger partial charge in [0.25, 0.3) is 0 Å². The minimum absolute atomic E-state index is 0.0461. The van der Waals surface area contributed by atoms with E-state index >= 15 is 0 Å². The molecule has 0 aliphatic carbocycles. The maximum atomic E-state index is 13.1. The van der Waals surface area contributed by atoms with Gasteiger partial charge < -0.3 is 4.74 Å². The number of nitrogens with zero attached hydrogens (tertiary/aromatic N) is 2. The maximum absolute atomic E-state index is 13.1. The smallest absolute Gasteiger partial charge is 0.433 e. The number of ether oxygens (including phenoxy) is 1. The first-order chi connectivity index (χ1) is 9.79. The Morgan fingerprint density at radius 2 is 1.90 bits per heavy atom. The highest BCUT2D eigenvalue weighted by atomic mass is 19.4. The van der Waals surface area contributed by atoms with Crippen molar-refractivity contribution in [2.75, 3.05) is 5.43 Å². The highest BCUT2D eigenvalue weighted by Crippen LogP contribution is 2.32. The van der Waals surface area contributed by atoms with Crippen LogP contribution in [0.25, 0.3) is 0 Å². The van der Waals surface area contributed by atoms with Crippen LogP contribution in [0.3, 0.4) is 0 Å². The van der Waals surface area contributed by atoms with Crippen molar-refractivity contribution >= 4 is 5.95 Å². The van der Waals surface area contributed by atoms with E-state index < -0.39 is 29.5 Å². The molecule has 0 atom stereocenters. The van der Waals surface area contributed by atoms with Crippen LogP contribution in [0.2, 0.25) is 0 Å². The molecule has 0 saturated heterocycles. The zero-order valence-electron chi connectivity index (χ0n) is 10.7. The number of alkyl halides is 3. The van der Waals surface area contributed by atoms with Gasteiger partial charge in [-0.1, -0.05) is 6.07 Å². The van der Waals surface area contributed by atoms with E-state index in [0.29, 0.717) is 11.6 Å². The van der Waals surface area contributed by atoms with Crippen molar-refractivity contribution in [3.05, 3.63) is 41.3 Å². The number of halogens is 4. The Hall–Kier alpha value is -2.42. The summed E-state index contributed by atoms with van der Waals surface area (Å²) < 4.78 is 56.4. The third-order valence-corrected chi connectivity index (χ3v) is 2.49. The standard InChI is InChI=1S/C12H10F4N4O/c1-6-2-3-7(13)4-8(6)21-10-5-9(12(14,15)16)18-11(19-10)20-17/h2-5H,17H2,1H3,(H,18,19,20). The number of hydrogen-bond acceptors (Lipinski definition) is 5. The van der Waals surface area contributed by atoms with Gasteiger partial charge in [0.1, 0.15) is 11.6 Å². The number of aromatic nitrogens is 2. The van der Waals surface area contributed by atoms with E-state index in [0.717, 1.165) is 6.07 Å². The molecular formula is C12H10F4N4O. The number of nitrogens with two attached hydrogens (primary N) is 1. The van der Waals surface area contributed by atoms with Crippen molar-refractivity contribution in [2.45, 2.75) is 13.1 Å². The molecule has 5 nitrogen and oxygen atoms in total. The topological polar surface area (TPSA) is 73.1 Å². The van der Waals surface area contributed by atoms with E-state index in [9.17, 15) is 17.6 Å². The zero-order chi connectivity index (χ0) is 15.6. The van der Waals surface area contributed by atoms with Crippen LogP contribution in [-0.4, -0.2) is 9.97 Å². The molecule has 0 aliphatic heterocycles. The molecule has 0 unspecified atom stereocenters. The first kappa shape index (κ1) is 15.0. The van der Waals surface area contributed by atoms with Gasteiger partial charge in [-0.25, -0.2) is 15.2 Å². The number of nitrogen functional groups attached to an aromatic ring is 1. The molecule has 1 aromatic heterocycles. The SMILES string of the molecule is Cc1ccc(F)cc1Oc1cc(C(F)(F)F)nc(NN)n1. The monoisotopic (exact) mass is 302 g/mol. The van der Waals surface area contributed by atoms with Gasteiger partial charge in [0.2, 0.25) is 11.8 Å². The summed E-state index contributed by atoms with van der Waals surface area (Å²) in [6.45, 7) is 1.61. The summed E-state index contributed by atoms with van der Waals surface area (Å²) in [6.07, 6.45) is -4.69. The van der Waals surface area contributed by atoms with E-state index in [2.05, 4.69) is 9.97 Å². The Morgan fingerprint density at radius 1 is 1.19 bits per heavy atom. The maximum Gasteiger partial charge on any atom is 0.433 e. The fourth-order valence-electron chi connectivity index (χ4n) is 1.48. The molecule has 2 aromatic rings. The predicted octanol–water partition coefficient (Wildman–Crippen LogP) is 3.02. The van der Waals surface area contributed by atoms with Crippen LogP contribution in [0.1, 0.15) is 11.3 Å². The van der Waals surface area contributed by atoms with Gasteiger partial charge in [-0.05, 0) is 18.6 Å². The third-order valence-electron chi connectivity index (χ3n) is 2.49. The van der Waals surface area contributed by atoms with Crippen LogP contribution >= 0.6 is 0 Å². The van der Waals surface area contributed by atoms with Crippen molar-refractivity contribution in [1.29, 1.82) is 0 Å². The second kappa shape index (κ2) is 5.52. The first-order valence-corrected chi connectivity index (χ1v) is 5.66. The van der Waals surface area contributed by atoms with Crippen LogP contribution in [0.4, 0.5) is 23.5 Å². The lowest BCUT2D eigenvalue weighted by Crippen LogP contribution is -2.15. The second-order valence-electron chi connectivity index (χ2n) is 4.07. The molecule has 9 heteroatoms. The minimum Gasteiger partial charge on any atom is -0.438 e. The summed E-state index contributed by atoms with van der Waals surface area (Å²) in [6, 6.07) is 4.28. The van der Waals surface area contributed by atoms with Crippen LogP contribution in [-0.2, 0) is 6.18 Å². The summed E-state index contributed by atoms with van der Waals surface area (Å²) in [5.41, 5.74) is 1.22. The average Bonchev–Trinajstić information content (AvgIpc) is 2.41. The Kier molecular flexibility index (Phi) is 3.94. The lowest BCUT2D eigenvalue weighted by Gasteiger charge is -2.12. The number of aryl methyl sites for hydroxylation is 1. The van der Waals surface area contributed by atoms with Crippen molar-refractivity contribution in [1.82, 2.24) is 9.97 Å². The molecule has 0 bridgehead atoms. The summed E-state index contributed by atoms with van der Waals surface area (Å²) in [7, 11) is 0. The van der Waals surface area contributed by atoms with Crippen molar-refractivity contribution < 1.29 is 22.3 Å². The van der Waals surface area contributed by atoms with E-state index in [-0.39, 0.29) is 5.75 Å². The first-order valence-electron chi connectivity index (χ1n) is 5.66. The van der Waals surface area contributed by atoms with Gasteiger partial charge in [0.15, 0.2) is 5.69 Å². The number of anilines is 1. The van der Waals surface area contributed by atoms with Gasteiger partial charge in [0, 0.05) is 12.1 Å². The molecule has 0 radical (unpaired) electrons. The molecule has 0 spiro atoms. The Labute approximate surface area is 116 Å². The fraction of sp³-hybridized carbons (Fsp3) is 0.167. The fourth-order valence-corrected chi connectivity index (χ4v) is 1.48. The largest absolute Gasteiger partial charge is 0.438 e. The Bertz CT molecular complexity index is 660. The molecule has 0 aliphatic rings. The molecule has 0 fully saturated rings. The molecule has 0 saturated carbocycles. The number of rotatable bonds is 3. The summed E-state index contributed by atoms with van der Waals surface area (Å²) >= 11 is 0. The molecule has 0 amide bonds. The van der Waals surface area contributed by atoms with Crippen molar-refractivity contribution in [3.8, 4) is 11.6 Å². The quantitative estimate of drug-likeness (QED) is 0.518. The third kappa shape index (κ3) is 3.57. The highest BCUT2D eigenvalue weighted by molar-refractivity contribution is 5.38. The van der Waals surface area contributed by atoms with E-state index in [1.54, 1.807) is 6.92 Å². The summed E-state index contributed by atoms with van der Waals surface area (Å²) in [5.74, 6) is 3.61. The van der Waals surface area contributed by atoms with Gasteiger partial charge in [0.05, 0.1) is 0 Å². The number of hydrogen-bond donors (Lipinski definition) is 2. The van der Waals surface area contributed by atoms with Crippen molar-refractivity contribution in [3.63, 3.8) is 0 Å². The Balaban J connectivity index is 2.42. The van der Waals surface area contributed by atoms with E-state index in [1.165, 1.54) is 12.1 Å². The number of hydrazine groups is 1. The number of nitrogens with one attached hydrogen (secondary N) is 1. The molecular weight excluding hydrogens is 292 g/mol. The molecule has 2 rings (SSSR count). The van der Waals surface area contributed by atoms with Gasteiger partial charge in [-0.15, -0.1) is 0 Å². The molecule has 112 valence electrons. The van der Waals surface area contributed by atoms with Gasteiger partial charge in [-0.3, -0.25) is 5.43 Å². The molecule has 1 heterocycles. The lowest BCUT2D eigenvalue weighted by atomic mass is 10.2. The van der Waals surface area contributed by atoms with E-state index in [1.807, 2.05) is 5.43 Å². The predicted molar refractivity (Wildman–Crippen MR) is 66.1 cm³/mol. The second-order valence-corrected chi connectivity index (χ2v) is 4.07. The summed E-state index contributed by atoms with van der Waals surface area (Å²) in [5, 5.41) is 0. The summed E-state index contributed by atoms with van der Waals surface area (Å²) in [4.78, 5) is 6.82. The van der Waals surface area contributed by atoms with E-state index in [4.69, 9.17) is 10.6 Å². The minimum atomic E-state index is -4.69. The highest BCUT2D eigenvalue weighted by Gasteiger charge is 2.34. The van der Waals surface area contributed by atoms with Crippen LogP contribution in [0.15, 0.2) is 24.3 Å². The molecule has 1 aromatic carbocycles. The molecule has 21 heavy (non-hydrogen) atoms. The number of benzene rings is 1.